The van der Waals surface area contributed by atoms with Crippen LogP contribution in [0.15, 0.2) is 18.5 Å². The molecule has 15 heavy (non-hydrogen) atoms. The Bertz CT molecular complexity index is 327. The second-order valence-electron chi connectivity index (χ2n) is 4.41. The normalized spacial score (nSPS) is 27.3. The third-order valence-corrected chi connectivity index (χ3v) is 3.16. The minimum absolute atomic E-state index is 0.245. The molecule has 0 radical (unpaired) electrons. The largest absolute Gasteiger partial charge is 0.328 e. The highest BCUT2D eigenvalue weighted by atomic mass is 19.1. The highest BCUT2D eigenvalue weighted by molar-refractivity contribution is 5.16. The van der Waals surface area contributed by atoms with Gasteiger partial charge in [0.25, 0.3) is 0 Å². The van der Waals surface area contributed by atoms with Gasteiger partial charge in [0.05, 0.1) is 6.20 Å². The molecule has 0 saturated heterocycles. The number of aromatic nitrogens is 1. The molecule has 1 aliphatic carbocycles. The van der Waals surface area contributed by atoms with E-state index in [2.05, 4.69) is 4.98 Å². The number of pyridine rings is 1. The smallest absolute Gasteiger partial charge is 0.141 e. The summed E-state index contributed by atoms with van der Waals surface area (Å²) in [6.07, 6.45) is 8.57. The van der Waals surface area contributed by atoms with Crippen LogP contribution in [-0.4, -0.2) is 11.0 Å². The lowest BCUT2D eigenvalue weighted by molar-refractivity contribution is 0.529. The Morgan fingerprint density at radius 3 is 2.87 bits per heavy atom. The molecular formula is C12H17FN2. The van der Waals surface area contributed by atoms with Crippen LogP contribution in [0.4, 0.5) is 4.39 Å². The molecule has 0 aliphatic heterocycles. The molecule has 2 rings (SSSR count). The third kappa shape index (κ3) is 2.75. The molecular weight excluding hydrogens is 191 g/mol. The number of hydrogen-bond donors (Lipinski definition) is 1. The van der Waals surface area contributed by atoms with E-state index < -0.39 is 0 Å². The summed E-state index contributed by atoms with van der Waals surface area (Å²) in [6, 6.07) is 1.86. The van der Waals surface area contributed by atoms with Crippen LogP contribution >= 0.6 is 0 Å². The van der Waals surface area contributed by atoms with Crippen molar-refractivity contribution in [2.45, 2.75) is 44.1 Å². The fourth-order valence-corrected chi connectivity index (χ4v) is 2.35. The van der Waals surface area contributed by atoms with Crippen LogP contribution < -0.4 is 5.73 Å². The molecule has 2 atom stereocenters. The molecule has 2 nitrogen and oxygen atoms in total. The van der Waals surface area contributed by atoms with E-state index in [-0.39, 0.29) is 11.9 Å². The fraction of sp³-hybridized carbons (Fsp3) is 0.583. The summed E-state index contributed by atoms with van der Waals surface area (Å²) in [5.41, 5.74) is 6.99. The van der Waals surface area contributed by atoms with E-state index in [4.69, 9.17) is 5.73 Å². The van der Waals surface area contributed by atoms with Gasteiger partial charge in [-0.1, -0.05) is 12.8 Å². The number of halogens is 1. The van der Waals surface area contributed by atoms with Gasteiger partial charge in [-0.25, -0.2) is 4.39 Å². The Balaban J connectivity index is 2.14. The molecule has 0 aromatic carbocycles. The van der Waals surface area contributed by atoms with Crippen LogP contribution in [0.3, 0.4) is 0 Å². The van der Waals surface area contributed by atoms with Gasteiger partial charge < -0.3 is 5.73 Å². The maximum Gasteiger partial charge on any atom is 0.141 e. The zero-order valence-electron chi connectivity index (χ0n) is 8.82. The van der Waals surface area contributed by atoms with Gasteiger partial charge in [-0.05, 0) is 36.8 Å². The maximum atomic E-state index is 13.0. The standard InChI is InChI=1S/C12H17FN2/c13-11-5-10(7-15-8-11)9-3-1-2-4-12(14)6-9/h5,7-9,12H,1-4,6,14H2. The first kappa shape index (κ1) is 10.6. The van der Waals surface area contributed by atoms with Crippen molar-refractivity contribution < 1.29 is 4.39 Å². The molecule has 0 spiro atoms. The predicted molar refractivity (Wildman–Crippen MR) is 58.0 cm³/mol. The second-order valence-corrected chi connectivity index (χ2v) is 4.41. The van der Waals surface area contributed by atoms with Gasteiger partial charge in [-0.15, -0.1) is 0 Å². The Morgan fingerprint density at radius 2 is 2.07 bits per heavy atom. The molecule has 2 unspecified atom stereocenters. The average molecular weight is 208 g/mol. The second kappa shape index (κ2) is 4.71. The summed E-state index contributed by atoms with van der Waals surface area (Å²) < 4.78 is 13.0. The Labute approximate surface area is 89.7 Å². The van der Waals surface area contributed by atoms with Crippen molar-refractivity contribution in [1.82, 2.24) is 4.98 Å². The first-order chi connectivity index (χ1) is 7.25. The first-order valence-corrected chi connectivity index (χ1v) is 5.62. The lowest BCUT2D eigenvalue weighted by atomic mass is 9.92. The van der Waals surface area contributed by atoms with Crippen LogP contribution in [0, 0.1) is 5.82 Å². The van der Waals surface area contributed by atoms with Crippen LogP contribution in [0.1, 0.15) is 43.6 Å². The van der Waals surface area contributed by atoms with Gasteiger partial charge in [-0.3, -0.25) is 4.98 Å². The monoisotopic (exact) mass is 208 g/mol. The Kier molecular flexibility index (Phi) is 3.31. The fourth-order valence-electron chi connectivity index (χ4n) is 2.35. The predicted octanol–water partition coefficient (Wildman–Crippen LogP) is 2.60. The number of rotatable bonds is 1. The number of nitrogens with zero attached hydrogens (tertiary/aromatic N) is 1. The van der Waals surface area contributed by atoms with Gasteiger partial charge >= 0.3 is 0 Å². The van der Waals surface area contributed by atoms with Crippen molar-refractivity contribution in [3.05, 3.63) is 29.8 Å². The molecule has 1 aromatic heterocycles. The van der Waals surface area contributed by atoms with Crippen LogP contribution in [0.2, 0.25) is 0 Å². The highest BCUT2D eigenvalue weighted by Gasteiger charge is 2.19. The summed E-state index contributed by atoms with van der Waals surface area (Å²) in [6.45, 7) is 0. The van der Waals surface area contributed by atoms with E-state index in [1.54, 1.807) is 12.3 Å². The van der Waals surface area contributed by atoms with Crippen LogP contribution in [-0.2, 0) is 0 Å². The van der Waals surface area contributed by atoms with Crippen molar-refractivity contribution in [3.8, 4) is 0 Å². The van der Waals surface area contributed by atoms with Crippen molar-refractivity contribution in [3.63, 3.8) is 0 Å². The van der Waals surface area contributed by atoms with E-state index in [1.807, 2.05) is 0 Å². The zero-order valence-corrected chi connectivity index (χ0v) is 8.82. The quantitative estimate of drug-likeness (QED) is 0.720. The summed E-state index contributed by atoms with van der Waals surface area (Å²) in [5, 5.41) is 0. The molecule has 1 fully saturated rings. The van der Waals surface area contributed by atoms with Gasteiger partial charge in [0.15, 0.2) is 0 Å². The van der Waals surface area contributed by atoms with E-state index in [1.165, 1.54) is 19.0 Å². The van der Waals surface area contributed by atoms with Crippen molar-refractivity contribution in [2.75, 3.05) is 0 Å². The van der Waals surface area contributed by atoms with Gasteiger partial charge in [-0.2, -0.15) is 0 Å². The molecule has 1 saturated carbocycles. The van der Waals surface area contributed by atoms with Crippen molar-refractivity contribution in [2.24, 2.45) is 5.73 Å². The van der Waals surface area contributed by atoms with Crippen LogP contribution in [0.25, 0.3) is 0 Å². The first-order valence-electron chi connectivity index (χ1n) is 5.62. The minimum Gasteiger partial charge on any atom is -0.328 e. The maximum absolute atomic E-state index is 13.0. The van der Waals surface area contributed by atoms with Crippen LogP contribution in [0.5, 0.6) is 0 Å². The van der Waals surface area contributed by atoms with E-state index in [0.29, 0.717) is 5.92 Å². The van der Waals surface area contributed by atoms with Gasteiger partial charge in [0.1, 0.15) is 5.82 Å². The lowest BCUT2D eigenvalue weighted by Crippen LogP contribution is -2.20. The average Bonchev–Trinajstić information content (AvgIpc) is 2.43. The third-order valence-electron chi connectivity index (χ3n) is 3.16. The lowest BCUT2D eigenvalue weighted by Gasteiger charge is -2.16. The minimum atomic E-state index is -0.245. The molecule has 0 bridgehead atoms. The van der Waals surface area contributed by atoms with Crippen molar-refractivity contribution >= 4 is 0 Å². The summed E-state index contributed by atoms with van der Waals surface area (Å²) in [5.74, 6) is 0.149. The number of hydrogen-bond acceptors (Lipinski definition) is 2. The molecule has 2 N–H and O–H groups in total. The topological polar surface area (TPSA) is 38.9 Å². The van der Waals surface area contributed by atoms with E-state index in [0.717, 1.165) is 24.8 Å². The van der Waals surface area contributed by atoms with E-state index >= 15 is 0 Å². The SMILES string of the molecule is NC1CCCCC(c2cncc(F)c2)C1. The molecule has 0 amide bonds. The highest BCUT2D eigenvalue weighted by Crippen LogP contribution is 2.30. The zero-order chi connectivity index (χ0) is 10.7. The van der Waals surface area contributed by atoms with Gasteiger partial charge in [0.2, 0.25) is 0 Å². The van der Waals surface area contributed by atoms with Crippen molar-refractivity contribution in [1.29, 1.82) is 0 Å². The summed E-state index contributed by atoms with van der Waals surface area (Å²) >= 11 is 0. The Morgan fingerprint density at radius 1 is 1.27 bits per heavy atom. The Hall–Kier alpha value is -0.960. The molecule has 1 aromatic rings. The van der Waals surface area contributed by atoms with E-state index in [9.17, 15) is 4.39 Å². The van der Waals surface area contributed by atoms with Gasteiger partial charge in [0, 0.05) is 12.2 Å². The summed E-state index contributed by atoms with van der Waals surface area (Å²) in [7, 11) is 0. The summed E-state index contributed by atoms with van der Waals surface area (Å²) in [4.78, 5) is 3.90. The number of nitrogens with two attached hydrogens (primary N) is 1. The molecule has 1 heterocycles. The molecule has 3 heteroatoms. The molecule has 1 aliphatic rings. The molecule has 82 valence electrons.